The summed E-state index contributed by atoms with van der Waals surface area (Å²) in [6.45, 7) is 7.48. The number of Topliss-reactive ketones (excluding diaryl/α,β-unsaturated/α-hetero) is 1. The summed E-state index contributed by atoms with van der Waals surface area (Å²) in [6, 6.07) is 7.10. The van der Waals surface area contributed by atoms with Gasteiger partial charge in [0.2, 0.25) is 5.43 Å². The minimum atomic E-state index is -0.431. The Balaban J connectivity index is 1.81. The van der Waals surface area contributed by atoms with Gasteiger partial charge in [-0.1, -0.05) is 12.2 Å². The fourth-order valence-electron chi connectivity index (χ4n) is 2.91. The Hall–Kier alpha value is -3.54. The third-order valence-corrected chi connectivity index (χ3v) is 4.61. The normalized spacial score (nSPS) is 11.7. The number of allylic oxidation sites excluding steroid dienone is 2. The van der Waals surface area contributed by atoms with Crippen LogP contribution in [0, 0.1) is 0 Å². The van der Waals surface area contributed by atoms with E-state index in [1.165, 1.54) is 30.3 Å². The second-order valence-corrected chi connectivity index (χ2v) is 6.99. The van der Waals surface area contributed by atoms with Crippen LogP contribution in [0.25, 0.3) is 21.9 Å². The fourth-order valence-corrected chi connectivity index (χ4v) is 2.91. The molecule has 0 radical (unpaired) electrons. The van der Waals surface area contributed by atoms with Crippen molar-refractivity contribution in [3.8, 4) is 17.2 Å². The maximum Gasteiger partial charge on any atom is 0.204 e. The zero-order valence-corrected chi connectivity index (χ0v) is 16.3. The van der Waals surface area contributed by atoms with Crippen LogP contribution in [0.5, 0.6) is 17.2 Å². The summed E-state index contributed by atoms with van der Waals surface area (Å²) < 4.78 is 11.4. The lowest BCUT2D eigenvalue weighted by Crippen LogP contribution is -2.03. The second kappa shape index (κ2) is 8.22. The molecule has 29 heavy (non-hydrogen) atoms. The van der Waals surface area contributed by atoms with Crippen LogP contribution in [0.15, 0.2) is 63.3 Å². The predicted octanol–water partition coefficient (Wildman–Crippen LogP) is 4.61. The third kappa shape index (κ3) is 4.48. The van der Waals surface area contributed by atoms with Gasteiger partial charge in [-0.05, 0) is 50.1 Å². The summed E-state index contributed by atoms with van der Waals surface area (Å²) in [5.41, 5.74) is 1.61. The third-order valence-electron chi connectivity index (χ3n) is 4.61. The summed E-state index contributed by atoms with van der Waals surface area (Å²) in [5, 5.41) is 20.1. The van der Waals surface area contributed by atoms with E-state index in [1.54, 1.807) is 6.92 Å². The number of ether oxygens (including phenoxy) is 1. The van der Waals surface area contributed by atoms with Gasteiger partial charge in [0.15, 0.2) is 5.78 Å². The van der Waals surface area contributed by atoms with Crippen molar-refractivity contribution in [1.82, 2.24) is 0 Å². The van der Waals surface area contributed by atoms with Gasteiger partial charge in [-0.3, -0.25) is 9.59 Å². The number of rotatable bonds is 7. The first kappa shape index (κ1) is 20.2. The molecule has 0 aliphatic carbocycles. The highest BCUT2D eigenvalue weighted by Crippen LogP contribution is 2.31. The molecule has 0 amide bonds. The quantitative estimate of drug-likeness (QED) is 0.345. The van der Waals surface area contributed by atoms with Gasteiger partial charge in [-0.25, -0.2) is 0 Å². The summed E-state index contributed by atoms with van der Waals surface area (Å²) >= 11 is 0. The highest BCUT2D eigenvalue weighted by molar-refractivity contribution is 5.94. The lowest BCUT2D eigenvalue weighted by molar-refractivity contribution is -0.115. The first-order chi connectivity index (χ1) is 13.8. The smallest absolute Gasteiger partial charge is 0.204 e. The van der Waals surface area contributed by atoms with E-state index < -0.39 is 5.43 Å². The van der Waals surface area contributed by atoms with Gasteiger partial charge in [0.05, 0.1) is 5.39 Å². The molecule has 1 heterocycles. The van der Waals surface area contributed by atoms with Crippen molar-refractivity contribution in [2.75, 3.05) is 6.61 Å². The number of hydrogen-bond donors (Lipinski definition) is 2. The summed E-state index contributed by atoms with van der Waals surface area (Å²) in [5.74, 6) is 0.0620. The molecule has 3 rings (SSSR count). The number of carbonyl (C=O) groups is 1. The molecule has 0 bridgehead atoms. The van der Waals surface area contributed by atoms with Crippen LogP contribution in [0.2, 0.25) is 0 Å². The molecule has 3 aromatic rings. The molecule has 6 nitrogen and oxygen atoms in total. The SMILES string of the molecule is C=C(C)C(=O)CCC(C)=CCOc1cc(O)c2c(=O)c3cc(O)ccc3oc2c1. The van der Waals surface area contributed by atoms with E-state index in [1.807, 2.05) is 13.0 Å². The van der Waals surface area contributed by atoms with Crippen LogP contribution in [-0.2, 0) is 4.79 Å². The summed E-state index contributed by atoms with van der Waals surface area (Å²) in [6.07, 6.45) is 2.88. The van der Waals surface area contributed by atoms with Crippen LogP contribution >= 0.6 is 0 Å². The number of phenols is 2. The predicted molar refractivity (Wildman–Crippen MR) is 112 cm³/mol. The number of carbonyl (C=O) groups excluding carboxylic acids is 1. The first-order valence-corrected chi connectivity index (χ1v) is 9.16. The van der Waals surface area contributed by atoms with E-state index in [0.717, 1.165) is 5.57 Å². The van der Waals surface area contributed by atoms with E-state index >= 15 is 0 Å². The summed E-state index contributed by atoms with van der Waals surface area (Å²) in [7, 11) is 0. The fraction of sp³-hybridized carbons (Fsp3) is 0.217. The van der Waals surface area contributed by atoms with Gasteiger partial charge >= 0.3 is 0 Å². The standard InChI is InChI=1S/C23H22O6/c1-13(2)18(25)6-4-14(3)8-9-28-16-11-19(26)22-21(12-16)29-20-7-5-15(24)10-17(20)23(22)27/h5,7-8,10-12,24,26H,1,4,6,9H2,2-3H3. The van der Waals surface area contributed by atoms with Crippen LogP contribution in [0.3, 0.4) is 0 Å². The van der Waals surface area contributed by atoms with Crippen LogP contribution in [0.4, 0.5) is 0 Å². The molecule has 0 spiro atoms. The maximum atomic E-state index is 12.6. The Bertz CT molecular complexity index is 1200. The van der Waals surface area contributed by atoms with Gasteiger partial charge in [0.1, 0.15) is 40.4 Å². The topological polar surface area (TPSA) is 97.0 Å². The van der Waals surface area contributed by atoms with Crippen molar-refractivity contribution in [1.29, 1.82) is 0 Å². The molecule has 0 saturated heterocycles. The Labute approximate surface area is 167 Å². The Morgan fingerprint density at radius 1 is 1.14 bits per heavy atom. The zero-order valence-electron chi connectivity index (χ0n) is 16.3. The zero-order chi connectivity index (χ0) is 21.1. The number of ketones is 1. The average molecular weight is 394 g/mol. The number of hydrogen-bond acceptors (Lipinski definition) is 6. The van der Waals surface area contributed by atoms with Crippen molar-refractivity contribution in [3.63, 3.8) is 0 Å². The van der Waals surface area contributed by atoms with E-state index in [2.05, 4.69) is 6.58 Å². The first-order valence-electron chi connectivity index (χ1n) is 9.16. The molecule has 0 fully saturated rings. The monoisotopic (exact) mass is 394 g/mol. The Morgan fingerprint density at radius 3 is 2.62 bits per heavy atom. The molecule has 150 valence electrons. The average Bonchev–Trinajstić information content (AvgIpc) is 2.66. The van der Waals surface area contributed by atoms with E-state index in [4.69, 9.17) is 9.15 Å². The Morgan fingerprint density at radius 2 is 1.90 bits per heavy atom. The van der Waals surface area contributed by atoms with E-state index in [9.17, 15) is 19.8 Å². The molecular weight excluding hydrogens is 372 g/mol. The van der Waals surface area contributed by atoms with Crippen LogP contribution < -0.4 is 10.2 Å². The molecular formula is C23H22O6. The van der Waals surface area contributed by atoms with Gasteiger partial charge in [0.25, 0.3) is 0 Å². The minimum Gasteiger partial charge on any atom is -0.508 e. The van der Waals surface area contributed by atoms with Crippen molar-refractivity contribution in [2.45, 2.75) is 26.7 Å². The highest BCUT2D eigenvalue weighted by atomic mass is 16.5. The lowest BCUT2D eigenvalue weighted by atomic mass is 10.1. The number of phenolic OH excluding ortho intramolecular Hbond substituents is 2. The van der Waals surface area contributed by atoms with E-state index in [-0.39, 0.29) is 40.2 Å². The van der Waals surface area contributed by atoms with Crippen molar-refractivity contribution < 1.29 is 24.2 Å². The van der Waals surface area contributed by atoms with E-state index in [0.29, 0.717) is 29.7 Å². The van der Waals surface area contributed by atoms with Crippen molar-refractivity contribution in [2.24, 2.45) is 0 Å². The number of fused-ring (bicyclic) bond motifs is 2. The molecule has 0 saturated carbocycles. The van der Waals surface area contributed by atoms with Crippen LogP contribution in [0.1, 0.15) is 26.7 Å². The number of aromatic hydroxyl groups is 2. The molecule has 2 N–H and O–H groups in total. The van der Waals surface area contributed by atoms with Gasteiger partial charge < -0.3 is 19.4 Å². The second-order valence-electron chi connectivity index (χ2n) is 6.99. The van der Waals surface area contributed by atoms with Gasteiger partial charge in [-0.2, -0.15) is 0 Å². The number of benzene rings is 2. The summed E-state index contributed by atoms with van der Waals surface area (Å²) in [4.78, 5) is 24.2. The Kier molecular flexibility index (Phi) is 5.73. The molecule has 2 aromatic carbocycles. The van der Waals surface area contributed by atoms with Crippen LogP contribution in [-0.4, -0.2) is 22.6 Å². The highest BCUT2D eigenvalue weighted by Gasteiger charge is 2.14. The minimum absolute atomic E-state index is 0.0282. The van der Waals surface area contributed by atoms with Gasteiger partial charge in [0, 0.05) is 18.6 Å². The largest absolute Gasteiger partial charge is 0.508 e. The van der Waals surface area contributed by atoms with Crippen molar-refractivity contribution in [3.05, 3.63) is 64.4 Å². The molecule has 0 aliphatic heterocycles. The lowest BCUT2D eigenvalue weighted by Gasteiger charge is -2.08. The van der Waals surface area contributed by atoms with Crippen molar-refractivity contribution >= 4 is 27.7 Å². The molecule has 6 heteroatoms. The maximum absolute atomic E-state index is 12.6. The van der Waals surface area contributed by atoms with Gasteiger partial charge in [-0.15, -0.1) is 0 Å². The molecule has 0 unspecified atom stereocenters. The molecule has 0 atom stereocenters. The molecule has 1 aromatic heterocycles. The molecule has 0 aliphatic rings.